The Balaban J connectivity index is 2.58. The van der Waals surface area contributed by atoms with Crippen molar-refractivity contribution in [2.75, 3.05) is 14.2 Å². The Kier molecular flexibility index (Phi) is 4.85. The number of allylic oxidation sites excluding steroid dienone is 1. The molecular formula is C19H19NO2. The maximum absolute atomic E-state index is 9.14. The minimum absolute atomic E-state index is 0.646. The van der Waals surface area contributed by atoms with E-state index in [1.165, 1.54) is 11.1 Å². The van der Waals surface area contributed by atoms with Crippen molar-refractivity contribution in [2.45, 2.75) is 13.8 Å². The number of benzene rings is 2. The first-order valence-electron chi connectivity index (χ1n) is 7.00. The maximum atomic E-state index is 9.14. The monoisotopic (exact) mass is 293 g/mol. The number of rotatable bonds is 4. The molecule has 3 heteroatoms. The van der Waals surface area contributed by atoms with Gasteiger partial charge in [0.05, 0.1) is 20.3 Å². The Bertz CT molecular complexity index is 734. The molecular weight excluding hydrogens is 274 g/mol. The largest absolute Gasteiger partial charge is 0.493 e. The highest BCUT2D eigenvalue weighted by molar-refractivity contribution is 5.82. The average molecular weight is 293 g/mol. The van der Waals surface area contributed by atoms with E-state index in [0.29, 0.717) is 11.5 Å². The minimum Gasteiger partial charge on any atom is -0.493 e. The van der Waals surface area contributed by atoms with Crippen molar-refractivity contribution >= 4 is 5.57 Å². The SMILES string of the molecule is COc1ccc(/C(=C\C#N)c2cc(C)cc(C)c2)cc1OC. The molecule has 22 heavy (non-hydrogen) atoms. The lowest BCUT2D eigenvalue weighted by Crippen LogP contribution is -1.94. The maximum Gasteiger partial charge on any atom is 0.161 e. The van der Waals surface area contributed by atoms with Crippen LogP contribution in [0.4, 0.5) is 0 Å². The molecule has 0 atom stereocenters. The van der Waals surface area contributed by atoms with Gasteiger partial charge in [0.25, 0.3) is 0 Å². The van der Waals surface area contributed by atoms with E-state index >= 15 is 0 Å². The summed E-state index contributed by atoms with van der Waals surface area (Å²) in [6.07, 6.45) is 1.56. The van der Waals surface area contributed by atoms with Crippen molar-refractivity contribution in [2.24, 2.45) is 0 Å². The molecule has 2 aromatic carbocycles. The van der Waals surface area contributed by atoms with Gasteiger partial charge in [-0.1, -0.05) is 35.4 Å². The molecule has 0 saturated heterocycles. The summed E-state index contributed by atoms with van der Waals surface area (Å²) < 4.78 is 10.6. The highest BCUT2D eigenvalue weighted by atomic mass is 16.5. The molecule has 0 amide bonds. The summed E-state index contributed by atoms with van der Waals surface area (Å²) in [4.78, 5) is 0. The van der Waals surface area contributed by atoms with Crippen LogP contribution in [0, 0.1) is 25.2 Å². The molecule has 0 radical (unpaired) electrons. The zero-order chi connectivity index (χ0) is 16.1. The summed E-state index contributed by atoms with van der Waals surface area (Å²) >= 11 is 0. The van der Waals surface area contributed by atoms with E-state index < -0.39 is 0 Å². The van der Waals surface area contributed by atoms with Crippen LogP contribution in [0.2, 0.25) is 0 Å². The highest BCUT2D eigenvalue weighted by Crippen LogP contribution is 2.33. The van der Waals surface area contributed by atoms with Crippen LogP contribution in [0.1, 0.15) is 22.3 Å². The summed E-state index contributed by atoms with van der Waals surface area (Å²) in [6.45, 7) is 4.10. The van der Waals surface area contributed by atoms with Crippen LogP contribution in [0.5, 0.6) is 11.5 Å². The van der Waals surface area contributed by atoms with E-state index in [9.17, 15) is 0 Å². The van der Waals surface area contributed by atoms with Gasteiger partial charge in [-0.2, -0.15) is 5.26 Å². The van der Waals surface area contributed by atoms with Crippen molar-refractivity contribution in [3.05, 3.63) is 64.7 Å². The molecule has 3 nitrogen and oxygen atoms in total. The lowest BCUT2D eigenvalue weighted by Gasteiger charge is -2.13. The lowest BCUT2D eigenvalue weighted by molar-refractivity contribution is 0.355. The molecule has 2 aromatic rings. The molecule has 0 bridgehead atoms. The van der Waals surface area contributed by atoms with E-state index in [4.69, 9.17) is 14.7 Å². The molecule has 0 aliphatic rings. The number of nitrogens with zero attached hydrogens (tertiary/aromatic N) is 1. The Morgan fingerprint density at radius 1 is 0.909 bits per heavy atom. The van der Waals surface area contributed by atoms with E-state index in [2.05, 4.69) is 38.1 Å². The van der Waals surface area contributed by atoms with E-state index in [0.717, 1.165) is 16.7 Å². The first-order valence-corrected chi connectivity index (χ1v) is 7.00. The Hall–Kier alpha value is -2.73. The smallest absolute Gasteiger partial charge is 0.161 e. The Morgan fingerprint density at radius 2 is 1.55 bits per heavy atom. The average Bonchev–Trinajstić information content (AvgIpc) is 2.51. The standard InChI is InChI=1S/C19H19NO2/c1-13-9-14(2)11-16(10-13)17(7-8-20)15-5-6-18(21-3)19(12-15)22-4/h5-7,9-12H,1-4H3/b17-7+. The van der Waals surface area contributed by atoms with Crippen molar-refractivity contribution in [3.8, 4) is 17.6 Å². The van der Waals surface area contributed by atoms with Crippen LogP contribution in [0.3, 0.4) is 0 Å². The zero-order valence-corrected chi connectivity index (χ0v) is 13.3. The minimum atomic E-state index is 0.646. The van der Waals surface area contributed by atoms with Crippen LogP contribution in [-0.4, -0.2) is 14.2 Å². The molecule has 0 aromatic heterocycles. The lowest BCUT2D eigenvalue weighted by atomic mass is 9.94. The van der Waals surface area contributed by atoms with Crippen LogP contribution < -0.4 is 9.47 Å². The van der Waals surface area contributed by atoms with Gasteiger partial charge in [-0.3, -0.25) is 0 Å². The van der Waals surface area contributed by atoms with Gasteiger partial charge in [-0.15, -0.1) is 0 Å². The first-order chi connectivity index (χ1) is 10.6. The molecule has 0 aliphatic heterocycles. The normalized spacial score (nSPS) is 11.0. The summed E-state index contributed by atoms with van der Waals surface area (Å²) in [5.74, 6) is 1.32. The second-order valence-corrected chi connectivity index (χ2v) is 5.13. The van der Waals surface area contributed by atoms with Gasteiger partial charge in [-0.25, -0.2) is 0 Å². The van der Waals surface area contributed by atoms with Crippen LogP contribution in [0.15, 0.2) is 42.5 Å². The van der Waals surface area contributed by atoms with Crippen LogP contribution in [0.25, 0.3) is 5.57 Å². The number of methoxy groups -OCH3 is 2. The predicted octanol–water partition coefficient (Wildman–Crippen LogP) is 4.28. The molecule has 2 rings (SSSR count). The third-order valence-corrected chi connectivity index (χ3v) is 3.44. The number of hydrogen-bond donors (Lipinski definition) is 0. The van der Waals surface area contributed by atoms with E-state index in [1.807, 2.05) is 18.2 Å². The van der Waals surface area contributed by atoms with Crippen molar-refractivity contribution in [3.63, 3.8) is 0 Å². The topological polar surface area (TPSA) is 42.2 Å². The van der Waals surface area contributed by atoms with Gasteiger partial charge < -0.3 is 9.47 Å². The van der Waals surface area contributed by atoms with Crippen LogP contribution >= 0.6 is 0 Å². The molecule has 112 valence electrons. The van der Waals surface area contributed by atoms with E-state index in [1.54, 1.807) is 20.3 Å². The third-order valence-electron chi connectivity index (χ3n) is 3.44. The summed E-state index contributed by atoms with van der Waals surface area (Å²) in [5.41, 5.74) is 5.14. The predicted molar refractivity (Wildman–Crippen MR) is 88.2 cm³/mol. The quantitative estimate of drug-likeness (QED) is 0.790. The summed E-state index contributed by atoms with van der Waals surface area (Å²) in [5, 5.41) is 9.14. The van der Waals surface area contributed by atoms with Crippen molar-refractivity contribution < 1.29 is 9.47 Å². The first kappa shape index (κ1) is 15.7. The molecule has 0 aliphatic carbocycles. The number of hydrogen-bond acceptors (Lipinski definition) is 3. The molecule has 0 fully saturated rings. The van der Waals surface area contributed by atoms with Gasteiger partial charge in [0.15, 0.2) is 11.5 Å². The van der Waals surface area contributed by atoms with Crippen molar-refractivity contribution in [1.29, 1.82) is 5.26 Å². The van der Waals surface area contributed by atoms with Gasteiger partial charge >= 0.3 is 0 Å². The van der Waals surface area contributed by atoms with Crippen molar-refractivity contribution in [1.82, 2.24) is 0 Å². The second kappa shape index (κ2) is 6.82. The Labute approximate surface area is 131 Å². The molecule has 0 heterocycles. The summed E-state index contributed by atoms with van der Waals surface area (Å²) in [6, 6.07) is 14.1. The fourth-order valence-electron chi connectivity index (χ4n) is 2.53. The number of nitriles is 1. The van der Waals surface area contributed by atoms with Gasteiger partial charge in [0.2, 0.25) is 0 Å². The summed E-state index contributed by atoms with van der Waals surface area (Å²) in [7, 11) is 3.21. The molecule has 0 saturated carbocycles. The second-order valence-electron chi connectivity index (χ2n) is 5.13. The number of ether oxygens (including phenoxy) is 2. The van der Waals surface area contributed by atoms with Crippen LogP contribution in [-0.2, 0) is 0 Å². The molecule has 0 N–H and O–H groups in total. The highest BCUT2D eigenvalue weighted by Gasteiger charge is 2.10. The number of aryl methyl sites for hydroxylation is 2. The Morgan fingerprint density at radius 3 is 2.09 bits per heavy atom. The molecule has 0 spiro atoms. The molecule has 0 unspecified atom stereocenters. The van der Waals surface area contributed by atoms with E-state index in [-0.39, 0.29) is 0 Å². The fourth-order valence-corrected chi connectivity index (χ4v) is 2.53. The fraction of sp³-hybridized carbons (Fsp3) is 0.211. The van der Waals surface area contributed by atoms with Gasteiger partial charge in [0.1, 0.15) is 0 Å². The third kappa shape index (κ3) is 3.29. The van der Waals surface area contributed by atoms with Gasteiger partial charge in [0, 0.05) is 6.08 Å². The van der Waals surface area contributed by atoms with Gasteiger partial charge in [-0.05, 0) is 42.7 Å². The zero-order valence-electron chi connectivity index (χ0n) is 13.3.